The highest BCUT2D eigenvalue weighted by Gasteiger charge is 2.23. The number of methoxy groups -OCH3 is 1. The van der Waals surface area contributed by atoms with Crippen molar-refractivity contribution in [3.05, 3.63) is 28.3 Å². The van der Waals surface area contributed by atoms with Crippen LogP contribution in [0.2, 0.25) is 5.02 Å². The van der Waals surface area contributed by atoms with Crippen LogP contribution in [0.25, 0.3) is 0 Å². The van der Waals surface area contributed by atoms with E-state index in [4.69, 9.17) is 16.3 Å². The first-order valence-corrected chi connectivity index (χ1v) is 6.14. The zero-order valence-electron chi connectivity index (χ0n) is 10.1. The van der Waals surface area contributed by atoms with Crippen LogP contribution in [0.4, 0.5) is 0 Å². The molecule has 1 saturated heterocycles. The van der Waals surface area contributed by atoms with E-state index in [0.29, 0.717) is 16.3 Å². The second kappa shape index (κ2) is 4.96. The van der Waals surface area contributed by atoms with E-state index < -0.39 is 0 Å². The van der Waals surface area contributed by atoms with Gasteiger partial charge in [0.1, 0.15) is 5.75 Å². The van der Waals surface area contributed by atoms with Gasteiger partial charge in [0.2, 0.25) is 0 Å². The maximum absolute atomic E-state index is 12.3. The van der Waals surface area contributed by atoms with Crippen molar-refractivity contribution < 1.29 is 9.53 Å². The van der Waals surface area contributed by atoms with Crippen LogP contribution in [0.5, 0.6) is 5.75 Å². The van der Waals surface area contributed by atoms with E-state index in [0.717, 1.165) is 31.5 Å². The van der Waals surface area contributed by atoms with Gasteiger partial charge < -0.3 is 9.64 Å². The third kappa shape index (κ3) is 2.39. The average Bonchev–Trinajstić information content (AvgIpc) is 2.84. The minimum absolute atomic E-state index is 0.0150. The zero-order chi connectivity index (χ0) is 12.4. The first kappa shape index (κ1) is 12.2. The first-order chi connectivity index (χ1) is 8.13. The fourth-order valence-electron chi connectivity index (χ4n) is 2.08. The van der Waals surface area contributed by atoms with Crippen molar-refractivity contribution in [1.29, 1.82) is 0 Å². The minimum atomic E-state index is 0.0150. The molecule has 1 aromatic carbocycles. The Morgan fingerprint density at radius 1 is 1.35 bits per heavy atom. The molecule has 0 unspecified atom stereocenters. The summed E-state index contributed by atoms with van der Waals surface area (Å²) in [5.41, 5.74) is 1.48. The van der Waals surface area contributed by atoms with Crippen LogP contribution in [-0.4, -0.2) is 31.0 Å². The molecule has 0 radical (unpaired) electrons. The van der Waals surface area contributed by atoms with E-state index in [1.165, 1.54) is 0 Å². The largest absolute Gasteiger partial charge is 0.496 e. The van der Waals surface area contributed by atoms with Crippen molar-refractivity contribution in [3.8, 4) is 5.75 Å². The summed E-state index contributed by atoms with van der Waals surface area (Å²) in [4.78, 5) is 14.1. The summed E-state index contributed by atoms with van der Waals surface area (Å²) in [5, 5.41) is 0.605. The van der Waals surface area contributed by atoms with Gasteiger partial charge in [-0.15, -0.1) is 0 Å². The third-order valence-corrected chi connectivity index (χ3v) is 3.51. The zero-order valence-corrected chi connectivity index (χ0v) is 10.9. The molecular formula is C13H16ClNO2. The Morgan fingerprint density at radius 2 is 2.00 bits per heavy atom. The molecule has 0 aliphatic carbocycles. The van der Waals surface area contributed by atoms with Gasteiger partial charge in [0.25, 0.3) is 5.91 Å². The first-order valence-electron chi connectivity index (χ1n) is 5.77. The minimum Gasteiger partial charge on any atom is -0.496 e. The number of aryl methyl sites for hydroxylation is 1. The van der Waals surface area contributed by atoms with Crippen molar-refractivity contribution in [3.63, 3.8) is 0 Å². The molecule has 0 N–H and O–H groups in total. The molecule has 1 aliphatic rings. The topological polar surface area (TPSA) is 29.5 Å². The standard InChI is InChI=1S/C13H16ClNO2/c1-9-7-12(17-2)10(8-11(9)14)13(16)15-5-3-4-6-15/h7-8H,3-6H2,1-2H3. The Bertz CT molecular complexity index is 439. The highest BCUT2D eigenvalue weighted by molar-refractivity contribution is 6.31. The van der Waals surface area contributed by atoms with Crippen LogP contribution >= 0.6 is 11.6 Å². The van der Waals surface area contributed by atoms with Crippen molar-refractivity contribution in [2.45, 2.75) is 19.8 Å². The molecule has 92 valence electrons. The fourth-order valence-corrected chi connectivity index (χ4v) is 2.25. The number of rotatable bonds is 2. The monoisotopic (exact) mass is 253 g/mol. The van der Waals surface area contributed by atoms with E-state index in [2.05, 4.69) is 0 Å². The number of ether oxygens (including phenoxy) is 1. The number of likely N-dealkylation sites (tertiary alicyclic amines) is 1. The van der Waals surface area contributed by atoms with Crippen molar-refractivity contribution in [2.24, 2.45) is 0 Å². The third-order valence-electron chi connectivity index (χ3n) is 3.10. The summed E-state index contributed by atoms with van der Waals surface area (Å²) in [7, 11) is 1.57. The van der Waals surface area contributed by atoms with E-state index in [9.17, 15) is 4.79 Å². The molecule has 0 bridgehead atoms. The Hall–Kier alpha value is -1.22. The van der Waals surface area contributed by atoms with Crippen LogP contribution in [-0.2, 0) is 0 Å². The Morgan fingerprint density at radius 3 is 2.59 bits per heavy atom. The molecule has 1 heterocycles. The van der Waals surface area contributed by atoms with Gasteiger partial charge in [-0.2, -0.15) is 0 Å². The SMILES string of the molecule is COc1cc(C)c(Cl)cc1C(=O)N1CCCC1. The van der Waals surface area contributed by atoms with Crippen LogP contribution < -0.4 is 4.74 Å². The van der Waals surface area contributed by atoms with Gasteiger partial charge in [-0.3, -0.25) is 4.79 Å². The van der Waals surface area contributed by atoms with Gasteiger partial charge in [0.05, 0.1) is 12.7 Å². The molecular weight excluding hydrogens is 238 g/mol. The highest BCUT2D eigenvalue weighted by atomic mass is 35.5. The van der Waals surface area contributed by atoms with Gasteiger partial charge in [-0.1, -0.05) is 11.6 Å². The van der Waals surface area contributed by atoms with Crippen LogP contribution in [0.3, 0.4) is 0 Å². The number of nitrogens with zero attached hydrogens (tertiary/aromatic N) is 1. The maximum atomic E-state index is 12.3. The van der Waals surface area contributed by atoms with Gasteiger partial charge in [0.15, 0.2) is 0 Å². The molecule has 0 atom stereocenters. The lowest BCUT2D eigenvalue weighted by molar-refractivity contribution is 0.0789. The molecule has 1 amide bonds. The smallest absolute Gasteiger partial charge is 0.257 e. The lowest BCUT2D eigenvalue weighted by Gasteiger charge is -2.17. The molecule has 0 aromatic heterocycles. The Kier molecular flexibility index (Phi) is 3.57. The van der Waals surface area contributed by atoms with E-state index >= 15 is 0 Å². The molecule has 0 spiro atoms. The van der Waals surface area contributed by atoms with E-state index in [-0.39, 0.29) is 5.91 Å². The van der Waals surface area contributed by atoms with Crippen LogP contribution in [0.1, 0.15) is 28.8 Å². The maximum Gasteiger partial charge on any atom is 0.257 e. The van der Waals surface area contributed by atoms with Gasteiger partial charge in [0, 0.05) is 18.1 Å². The predicted octanol–water partition coefficient (Wildman–Crippen LogP) is 2.89. The summed E-state index contributed by atoms with van der Waals surface area (Å²) in [6, 6.07) is 3.52. The fraction of sp³-hybridized carbons (Fsp3) is 0.462. The van der Waals surface area contributed by atoms with Gasteiger partial charge in [-0.05, 0) is 37.5 Å². The van der Waals surface area contributed by atoms with E-state index in [1.807, 2.05) is 17.9 Å². The molecule has 1 aromatic rings. The number of halogens is 1. The van der Waals surface area contributed by atoms with Crippen molar-refractivity contribution in [2.75, 3.05) is 20.2 Å². The summed E-state index contributed by atoms with van der Waals surface area (Å²) in [5.74, 6) is 0.616. The lowest BCUT2D eigenvalue weighted by atomic mass is 10.1. The second-order valence-electron chi connectivity index (χ2n) is 4.30. The van der Waals surface area contributed by atoms with Gasteiger partial charge in [-0.25, -0.2) is 0 Å². The number of hydrogen-bond acceptors (Lipinski definition) is 2. The molecule has 4 heteroatoms. The predicted molar refractivity (Wildman–Crippen MR) is 67.9 cm³/mol. The number of benzene rings is 1. The quantitative estimate of drug-likeness (QED) is 0.811. The second-order valence-corrected chi connectivity index (χ2v) is 4.71. The molecule has 2 rings (SSSR count). The van der Waals surface area contributed by atoms with E-state index in [1.54, 1.807) is 13.2 Å². The average molecular weight is 254 g/mol. The molecule has 3 nitrogen and oxygen atoms in total. The van der Waals surface area contributed by atoms with Crippen molar-refractivity contribution >= 4 is 17.5 Å². The summed E-state index contributed by atoms with van der Waals surface area (Å²) in [6.45, 7) is 3.55. The number of amides is 1. The Labute approximate surface area is 106 Å². The number of carbonyl (C=O) groups excluding carboxylic acids is 1. The summed E-state index contributed by atoms with van der Waals surface area (Å²) in [6.07, 6.45) is 2.15. The lowest BCUT2D eigenvalue weighted by Crippen LogP contribution is -2.28. The Balaban J connectivity index is 2.36. The molecule has 1 aliphatic heterocycles. The van der Waals surface area contributed by atoms with Crippen molar-refractivity contribution in [1.82, 2.24) is 4.90 Å². The van der Waals surface area contributed by atoms with Gasteiger partial charge >= 0.3 is 0 Å². The normalized spacial score (nSPS) is 15.1. The highest BCUT2D eigenvalue weighted by Crippen LogP contribution is 2.28. The molecule has 1 fully saturated rings. The molecule has 17 heavy (non-hydrogen) atoms. The number of hydrogen-bond donors (Lipinski definition) is 0. The molecule has 0 saturated carbocycles. The summed E-state index contributed by atoms with van der Waals surface area (Å²) < 4.78 is 5.26. The van der Waals surface area contributed by atoms with Crippen LogP contribution in [0, 0.1) is 6.92 Å². The number of carbonyl (C=O) groups is 1. The summed E-state index contributed by atoms with van der Waals surface area (Å²) >= 11 is 6.07. The van der Waals surface area contributed by atoms with Crippen LogP contribution in [0.15, 0.2) is 12.1 Å².